The van der Waals surface area contributed by atoms with E-state index >= 15 is 0 Å². The number of furan rings is 1. The number of nitrogens with zero attached hydrogens (tertiary/aromatic N) is 1. The molecular weight excluding hydrogens is 340 g/mol. The van der Waals surface area contributed by atoms with Crippen molar-refractivity contribution in [3.8, 4) is 0 Å². The van der Waals surface area contributed by atoms with Gasteiger partial charge in [-0.15, -0.1) is 0 Å². The van der Waals surface area contributed by atoms with Gasteiger partial charge in [-0.05, 0) is 49.1 Å². The monoisotopic (exact) mass is 360 g/mol. The molecule has 132 valence electrons. The van der Waals surface area contributed by atoms with Crippen LogP contribution >= 0.6 is 11.6 Å². The van der Waals surface area contributed by atoms with Crippen molar-refractivity contribution in [3.63, 3.8) is 0 Å². The Balaban J connectivity index is 1.41. The Morgan fingerprint density at radius 2 is 1.88 bits per heavy atom. The van der Waals surface area contributed by atoms with Crippen LogP contribution in [0.25, 0.3) is 0 Å². The van der Waals surface area contributed by atoms with Crippen LogP contribution in [0.4, 0.5) is 0 Å². The smallest absolute Gasteiger partial charge is 0.289 e. The molecule has 0 aliphatic carbocycles. The Labute approximate surface area is 151 Å². The summed E-state index contributed by atoms with van der Waals surface area (Å²) in [5.74, 6) is 0.280. The molecule has 0 atom stereocenters. The number of likely N-dealkylation sites (tertiary alicyclic amines) is 1. The van der Waals surface area contributed by atoms with Gasteiger partial charge in [0.1, 0.15) is 0 Å². The summed E-state index contributed by atoms with van der Waals surface area (Å²) in [6, 6.07) is 11.0. The molecule has 2 aromatic rings. The van der Waals surface area contributed by atoms with E-state index in [4.69, 9.17) is 16.0 Å². The average molecular weight is 361 g/mol. The second-order valence-electron chi connectivity index (χ2n) is 6.21. The zero-order valence-corrected chi connectivity index (χ0v) is 14.7. The van der Waals surface area contributed by atoms with E-state index in [1.54, 1.807) is 17.0 Å². The van der Waals surface area contributed by atoms with Crippen LogP contribution in [-0.2, 0) is 11.2 Å². The predicted molar refractivity (Wildman–Crippen MR) is 95.5 cm³/mol. The maximum Gasteiger partial charge on any atom is 0.289 e. The quantitative estimate of drug-likeness (QED) is 0.891. The first-order valence-electron chi connectivity index (χ1n) is 8.48. The number of hydrogen-bond acceptors (Lipinski definition) is 3. The van der Waals surface area contributed by atoms with Crippen LogP contribution in [-0.4, -0.2) is 36.3 Å². The van der Waals surface area contributed by atoms with E-state index in [0.29, 0.717) is 43.3 Å². The topological polar surface area (TPSA) is 62.6 Å². The fourth-order valence-electron chi connectivity index (χ4n) is 3.03. The number of piperidine rings is 1. The normalized spacial score (nSPS) is 15.2. The van der Waals surface area contributed by atoms with E-state index in [2.05, 4.69) is 5.32 Å². The van der Waals surface area contributed by atoms with Gasteiger partial charge in [-0.1, -0.05) is 23.7 Å². The van der Waals surface area contributed by atoms with Crippen LogP contribution in [0, 0.1) is 5.92 Å². The summed E-state index contributed by atoms with van der Waals surface area (Å²) in [7, 11) is 0. The molecule has 5 nitrogen and oxygen atoms in total. The Bertz CT molecular complexity index is 705. The van der Waals surface area contributed by atoms with E-state index in [1.807, 2.05) is 24.3 Å². The third-order valence-electron chi connectivity index (χ3n) is 4.51. The molecule has 1 fully saturated rings. The molecule has 0 bridgehead atoms. The molecule has 6 heteroatoms. The van der Waals surface area contributed by atoms with Gasteiger partial charge in [0.25, 0.3) is 5.91 Å². The van der Waals surface area contributed by atoms with Crippen molar-refractivity contribution in [1.29, 1.82) is 0 Å². The number of benzene rings is 1. The second-order valence-corrected chi connectivity index (χ2v) is 6.65. The minimum absolute atomic E-state index is 0.0362. The summed E-state index contributed by atoms with van der Waals surface area (Å²) >= 11 is 5.86. The molecular formula is C19H21ClN2O3. The third-order valence-corrected chi connectivity index (χ3v) is 4.76. The number of hydrogen-bond donors (Lipinski definition) is 1. The van der Waals surface area contributed by atoms with E-state index in [1.165, 1.54) is 6.26 Å². The fraction of sp³-hybridized carbons (Fsp3) is 0.368. The van der Waals surface area contributed by atoms with Gasteiger partial charge in [-0.2, -0.15) is 0 Å². The number of carbonyl (C=O) groups excluding carboxylic acids is 2. The van der Waals surface area contributed by atoms with Gasteiger partial charge in [0.15, 0.2) is 5.76 Å². The molecule has 0 saturated carbocycles. The molecule has 1 aliphatic rings. The summed E-state index contributed by atoms with van der Waals surface area (Å²) in [5, 5.41) is 3.70. The molecule has 2 heterocycles. The molecule has 2 amide bonds. The lowest BCUT2D eigenvalue weighted by atomic mass is 9.95. The van der Waals surface area contributed by atoms with Crippen LogP contribution in [0.2, 0.25) is 5.02 Å². The molecule has 0 unspecified atom stereocenters. The first-order valence-corrected chi connectivity index (χ1v) is 8.86. The number of halogens is 1. The second kappa shape index (κ2) is 8.21. The lowest BCUT2D eigenvalue weighted by molar-refractivity contribution is -0.126. The van der Waals surface area contributed by atoms with Crippen molar-refractivity contribution < 1.29 is 14.0 Å². The number of amides is 2. The van der Waals surface area contributed by atoms with Gasteiger partial charge < -0.3 is 14.6 Å². The van der Waals surface area contributed by atoms with Crippen molar-refractivity contribution in [1.82, 2.24) is 10.2 Å². The predicted octanol–water partition coefficient (Wildman–Crippen LogP) is 3.14. The van der Waals surface area contributed by atoms with E-state index in [9.17, 15) is 9.59 Å². The largest absolute Gasteiger partial charge is 0.459 e. The first-order chi connectivity index (χ1) is 12.1. The summed E-state index contributed by atoms with van der Waals surface area (Å²) < 4.78 is 5.15. The average Bonchev–Trinajstić information content (AvgIpc) is 3.17. The van der Waals surface area contributed by atoms with Gasteiger partial charge >= 0.3 is 0 Å². The molecule has 0 spiro atoms. The molecule has 1 N–H and O–H groups in total. The van der Waals surface area contributed by atoms with Crippen molar-refractivity contribution in [2.45, 2.75) is 19.3 Å². The molecule has 25 heavy (non-hydrogen) atoms. The van der Waals surface area contributed by atoms with Crippen molar-refractivity contribution >= 4 is 23.4 Å². The first kappa shape index (κ1) is 17.5. The Morgan fingerprint density at radius 3 is 2.52 bits per heavy atom. The highest BCUT2D eigenvalue weighted by molar-refractivity contribution is 6.30. The lowest BCUT2D eigenvalue weighted by Crippen LogP contribution is -2.43. The summed E-state index contributed by atoms with van der Waals surface area (Å²) in [6.45, 7) is 1.76. The molecule has 3 rings (SSSR count). The van der Waals surface area contributed by atoms with Crippen LogP contribution in [0.15, 0.2) is 47.1 Å². The SMILES string of the molecule is O=C(NCCc1ccc(Cl)cc1)C1CCN(C(=O)c2ccco2)CC1. The van der Waals surface area contributed by atoms with Gasteiger partial charge in [-0.25, -0.2) is 0 Å². The van der Waals surface area contributed by atoms with Crippen LogP contribution in [0.5, 0.6) is 0 Å². The van der Waals surface area contributed by atoms with Gasteiger partial charge in [0.2, 0.25) is 5.91 Å². The van der Waals surface area contributed by atoms with Crippen LogP contribution in [0.3, 0.4) is 0 Å². The highest BCUT2D eigenvalue weighted by Gasteiger charge is 2.28. The van der Waals surface area contributed by atoms with Gasteiger partial charge in [-0.3, -0.25) is 9.59 Å². The zero-order valence-electron chi connectivity index (χ0n) is 13.9. The number of nitrogens with one attached hydrogen (secondary N) is 1. The Morgan fingerprint density at radius 1 is 1.16 bits per heavy atom. The zero-order chi connectivity index (χ0) is 17.6. The Hall–Kier alpha value is -2.27. The maximum atomic E-state index is 12.3. The van der Waals surface area contributed by atoms with Crippen LogP contribution < -0.4 is 5.32 Å². The van der Waals surface area contributed by atoms with Crippen LogP contribution in [0.1, 0.15) is 29.0 Å². The minimum Gasteiger partial charge on any atom is -0.459 e. The van der Waals surface area contributed by atoms with Crippen molar-refractivity contribution in [2.75, 3.05) is 19.6 Å². The Kier molecular flexibility index (Phi) is 5.76. The lowest BCUT2D eigenvalue weighted by Gasteiger charge is -2.30. The van der Waals surface area contributed by atoms with Gasteiger partial charge in [0, 0.05) is 30.6 Å². The maximum absolute atomic E-state index is 12.3. The summed E-state index contributed by atoms with van der Waals surface area (Å²) in [5.41, 5.74) is 1.14. The molecule has 1 aliphatic heterocycles. The molecule has 1 saturated heterocycles. The fourth-order valence-corrected chi connectivity index (χ4v) is 3.15. The number of carbonyl (C=O) groups is 2. The van der Waals surface area contributed by atoms with Crippen molar-refractivity contribution in [2.24, 2.45) is 5.92 Å². The van der Waals surface area contributed by atoms with Gasteiger partial charge in [0.05, 0.1) is 6.26 Å². The van der Waals surface area contributed by atoms with E-state index in [-0.39, 0.29) is 17.7 Å². The minimum atomic E-state index is -0.105. The standard InChI is InChI=1S/C19H21ClN2O3/c20-16-5-3-14(4-6-16)7-10-21-18(23)15-8-11-22(12-9-15)19(24)17-2-1-13-25-17/h1-6,13,15H,7-12H2,(H,21,23). The molecule has 1 aromatic heterocycles. The van der Waals surface area contributed by atoms with E-state index in [0.717, 1.165) is 12.0 Å². The summed E-state index contributed by atoms with van der Waals surface area (Å²) in [4.78, 5) is 26.3. The molecule has 1 aromatic carbocycles. The third kappa shape index (κ3) is 4.63. The molecule has 0 radical (unpaired) electrons. The number of rotatable bonds is 5. The highest BCUT2D eigenvalue weighted by atomic mass is 35.5. The highest BCUT2D eigenvalue weighted by Crippen LogP contribution is 2.19. The van der Waals surface area contributed by atoms with E-state index < -0.39 is 0 Å². The summed E-state index contributed by atoms with van der Waals surface area (Å²) in [6.07, 6.45) is 3.63. The van der Waals surface area contributed by atoms with Crippen molar-refractivity contribution in [3.05, 3.63) is 59.0 Å².